The van der Waals surface area contributed by atoms with Crippen molar-refractivity contribution in [2.24, 2.45) is 0 Å². The molecule has 1 aliphatic heterocycles. The van der Waals surface area contributed by atoms with Crippen LogP contribution in [0.5, 0.6) is 5.75 Å². The molecule has 0 unspecified atom stereocenters. The Morgan fingerprint density at radius 1 is 1.30 bits per heavy atom. The maximum absolute atomic E-state index is 12.7. The molecule has 2 aromatic carbocycles. The molecule has 1 saturated heterocycles. The molecule has 0 atom stereocenters. The van der Waals surface area contributed by atoms with Gasteiger partial charge in [0.1, 0.15) is 16.6 Å². The smallest absolute Gasteiger partial charge is 0.270 e. The van der Waals surface area contributed by atoms with Gasteiger partial charge in [0.2, 0.25) is 5.91 Å². The number of thiocarbonyl (C=S) groups is 1. The first-order chi connectivity index (χ1) is 14.4. The Balaban J connectivity index is 1.66. The molecule has 30 heavy (non-hydrogen) atoms. The first-order valence-electron chi connectivity index (χ1n) is 8.90. The lowest BCUT2D eigenvalue weighted by molar-refractivity contribution is -0.384. The number of carbonyl (C=O) groups is 2. The van der Waals surface area contributed by atoms with Gasteiger partial charge in [-0.15, -0.1) is 0 Å². The number of rotatable bonds is 7. The number of nitrogens with one attached hydrogen (secondary N) is 1. The van der Waals surface area contributed by atoms with Crippen molar-refractivity contribution < 1.29 is 19.2 Å². The van der Waals surface area contributed by atoms with Crippen LogP contribution >= 0.6 is 24.0 Å². The zero-order valence-electron chi connectivity index (χ0n) is 15.9. The first-order valence-corrected chi connectivity index (χ1v) is 10.1. The van der Waals surface area contributed by atoms with Gasteiger partial charge >= 0.3 is 0 Å². The summed E-state index contributed by atoms with van der Waals surface area (Å²) < 4.78 is 5.60. The number of hydrogen-bond donors (Lipinski definition) is 1. The molecule has 1 aliphatic rings. The van der Waals surface area contributed by atoms with Gasteiger partial charge in [-0.1, -0.05) is 36.1 Å². The summed E-state index contributed by atoms with van der Waals surface area (Å²) in [6, 6.07) is 12.8. The molecule has 2 aromatic rings. The average molecular weight is 444 g/mol. The maximum atomic E-state index is 12.7. The Morgan fingerprint density at radius 2 is 2.03 bits per heavy atom. The van der Waals surface area contributed by atoms with E-state index in [2.05, 4.69) is 5.32 Å². The number of nitrogens with zero attached hydrogens (tertiary/aromatic N) is 2. The highest BCUT2D eigenvalue weighted by Crippen LogP contribution is 2.32. The highest BCUT2D eigenvalue weighted by molar-refractivity contribution is 8.26. The van der Waals surface area contributed by atoms with Crippen LogP contribution < -0.4 is 10.1 Å². The van der Waals surface area contributed by atoms with Gasteiger partial charge in [0.05, 0.1) is 16.4 Å². The van der Waals surface area contributed by atoms with Gasteiger partial charge in [0.25, 0.3) is 11.6 Å². The van der Waals surface area contributed by atoms with E-state index in [1.807, 2.05) is 6.92 Å². The van der Waals surface area contributed by atoms with Crippen LogP contribution in [0.15, 0.2) is 53.4 Å². The van der Waals surface area contributed by atoms with Crippen LogP contribution in [0.25, 0.3) is 6.08 Å². The van der Waals surface area contributed by atoms with E-state index in [1.165, 1.54) is 29.2 Å². The van der Waals surface area contributed by atoms with Crippen LogP contribution in [0, 0.1) is 10.1 Å². The van der Waals surface area contributed by atoms with Gasteiger partial charge in [0.15, 0.2) is 0 Å². The van der Waals surface area contributed by atoms with Crippen molar-refractivity contribution in [2.75, 3.05) is 18.5 Å². The maximum Gasteiger partial charge on any atom is 0.270 e. The topological polar surface area (TPSA) is 102 Å². The Kier molecular flexibility index (Phi) is 6.80. The lowest BCUT2D eigenvalue weighted by atomic mass is 10.2. The summed E-state index contributed by atoms with van der Waals surface area (Å²) in [7, 11) is 0. The van der Waals surface area contributed by atoms with Crippen molar-refractivity contribution in [3.8, 4) is 5.75 Å². The summed E-state index contributed by atoms with van der Waals surface area (Å²) in [5.74, 6) is -0.121. The highest BCUT2D eigenvalue weighted by Gasteiger charge is 2.33. The van der Waals surface area contributed by atoms with Crippen molar-refractivity contribution in [2.45, 2.75) is 6.92 Å². The lowest BCUT2D eigenvalue weighted by Crippen LogP contribution is -2.36. The van der Waals surface area contributed by atoms with Gasteiger partial charge in [0, 0.05) is 17.8 Å². The fourth-order valence-electron chi connectivity index (χ4n) is 2.66. The summed E-state index contributed by atoms with van der Waals surface area (Å²) in [5, 5.41) is 13.6. The second kappa shape index (κ2) is 9.51. The van der Waals surface area contributed by atoms with E-state index in [0.717, 1.165) is 11.8 Å². The normalized spacial score (nSPS) is 14.8. The number of carbonyl (C=O) groups excluding carboxylic acids is 2. The third kappa shape index (κ3) is 5.22. The van der Waals surface area contributed by atoms with Crippen LogP contribution in [-0.2, 0) is 9.59 Å². The minimum atomic E-state index is -0.506. The second-order valence-electron chi connectivity index (χ2n) is 6.13. The van der Waals surface area contributed by atoms with E-state index < -0.39 is 16.7 Å². The number of nitro benzene ring substituents is 1. The van der Waals surface area contributed by atoms with Crippen LogP contribution in [0.1, 0.15) is 12.5 Å². The van der Waals surface area contributed by atoms with Crippen LogP contribution in [-0.4, -0.2) is 39.1 Å². The number of amides is 2. The molecule has 0 aliphatic carbocycles. The van der Waals surface area contributed by atoms with Gasteiger partial charge in [-0.05, 0) is 42.8 Å². The van der Waals surface area contributed by atoms with Crippen molar-refractivity contribution in [3.63, 3.8) is 0 Å². The Bertz CT molecular complexity index is 1040. The van der Waals surface area contributed by atoms with Crippen molar-refractivity contribution in [3.05, 3.63) is 69.1 Å². The zero-order chi connectivity index (χ0) is 21.7. The number of benzene rings is 2. The number of non-ortho nitro benzene ring substituents is 1. The SMILES string of the molecule is CCOc1ccc(NC(=O)CN2C(=O)/C(=C/c3cccc([N+](=O)[O-])c3)SC2=S)cc1. The molecule has 0 aromatic heterocycles. The number of ether oxygens (including phenoxy) is 1. The molecular formula is C20H17N3O5S2. The van der Waals surface area contributed by atoms with E-state index in [1.54, 1.807) is 30.3 Å². The molecule has 0 bridgehead atoms. The average Bonchev–Trinajstić information content (AvgIpc) is 2.97. The van der Waals surface area contributed by atoms with E-state index in [0.29, 0.717) is 28.5 Å². The quantitative estimate of drug-likeness (QED) is 0.300. The van der Waals surface area contributed by atoms with Gasteiger partial charge in [-0.2, -0.15) is 0 Å². The Hall–Kier alpha value is -3.24. The standard InChI is InChI=1S/C20H17N3O5S2/c1-2-28-16-8-6-14(7-9-16)21-18(24)12-22-19(25)17(30-20(22)29)11-13-4-3-5-15(10-13)23(26)27/h3-11H,2,12H2,1H3,(H,21,24)/b17-11-. The van der Waals surface area contributed by atoms with E-state index in [-0.39, 0.29) is 16.6 Å². The third-order valence-corrected chi connectivity index (χ3v) is 5.38. The molecule has 2 amide bonds. The van der Waals surface area contributed by atoms with Crippen molar-refractivity contribution in [1.82, 2.24) is 4.90 Å². The first kappa shape index (κ1) is 21.5. The van der Waals surface area contributed by atoms with Crippen molar-refractivity contribution in [1.29, 1.82) is 0 Å². The molecule has 154 valence electrons. The van der Waals surface area contributed by atoms with E-state index >= 15 is 0 Å². The van der Waals surface area contributed by atoms with Crippen LogP contribution in [0.3, 0.4) is 0 Å². The summed E-state index contributed by atoms with van der Waals surface area (Å²) in [6.07, 6.45) is 1.52. The predicted octanol–water partition coefficient (Wildman–Crippen LogP) is 3.83. The Labute approximate surface area is 182 Å². The molecule has 1 heterocycles. The Morgan fingerprint density at radius 3 is 2.70 bits per heavy atom. The van der Waals surface area contributed by atoms with E-state index in [9.17, 15) is 19.7 Å². The third-order valence-electron chi connectivity index (χ3n) is 4.00. The molecule has 3 rings (SSSR count). The molecule has 0 spiro atoms. The number of anilines is 1. The summed E-state index contributed by atoms with van der Waals surface area (Å²) >= 11 is 6.28. The molecule has 1 fully saturated rings. The minimum absolute atomic E-state index is 0.0750. The summed E-state index contributed by atoms with van der Waals surface area (Å²) in [5.41, 5.74) is 0.999. The van der Waals surface area contributed by atoms with Crippen molar-refractivity contribution >= 4 is 57.6 Å². The molecule has 0 saturated carbocycles. The van der Waals surface area contributed by atoms with Gasteiger partial charge < -0.3 is 10.1 Å². The zero-order valence-corrected chi connectivity index (χ0v) is 17.5. The second-order valence-corrected chi connectivity index (χ2v) is 7.80. The number of nitro groups is 1. The predicted molar refractivity (Wildman–Crippen MR) is 119 cm³/mol. The molecule has 8 nitrogen and oxygen atoms in total. The number of hydrogen-bond acceptors (Lipinski definition) is 7. The van der Waals surface area contributed by atoms with Crippen LogP contribution in [0.2, 0.25) is 0 Å². The molecular weight excluding hydrogens is 426 g/mol. The fourth-order valence-corrected chi connectivity index (χ4v) is 3.92. The highest BCUT2D eigenvalue weighted by atomic mass is 32.2. The monoisotopic (exact) mass is 443 g/mol. The minimum Gasteiger partial charge on any atom is -0.494 e. The van der Waals surface area contributed by atoms with E-state index in [4.69, 9.17) is 17.0 Å². The molecule has 1 N–H and O–H groups in total. The van der Waals surface area contributed by atoms with Crippen LogP contribution in [0.4, 0.5) is 11.4 Å². The number of thioether (sulfide) groups is 1. The molecule has 0 radical (unpaired) electrons. The summed E-state index contributed by atoms with van der Waals surface area (Å²) in [6.45, 7) is 2.19. The fraction of sp³-hybridized carbons (Fsp3) is 0.150. The van der Waals surface area contributed by atoms with Gasteiger partial charge in [-0.3, -0.25) is 24.6 Å². The lowest BCUT2D eigenvalue weighted by Gasteiger charge is -2.14. The molecule has 10 heteroatoms. The largest absolute Gasteiger partial charge is 0.494 e. The van der Waals surface area contributed by atoms with Gasteiger partial charge in [-0.25, -0.2) is 0 Å². The summed E-state index contributed by atoms with van der Waals surface area (Å²) in [4.78, 5) is 36.9.